The molecule has 0 bridgehead atoms. The highest BCUT2D eigenvalue weighted by Crippen LogP contribution is 2.38. The molecule has 0 amide bonds. The van der Waals surface area contributed by atoms with Gasteiger partial charge in [0.2, 0.25) is 0 Å². The van der Waals surface area contributed by atoms with Gasteiger partial charge in [-0.3, -0.25) is 19.0 Å². The molecule has 1 aromatic carbocycles. The normalized spacial score (nSPS) is 11.7. The number of fused-ring (bicyclic) bond motifs is 1. The molecule has 4 rings (SSSR count). The van der Waals surface area contributed by atoms with E-state index in [-0.39, 0.29) is 28.4 Å². The largest absolute Gasteiger partial charge is 0.494 e. The van der Waals surface area contributed by atoms with Crippen molar-refractivity contribution in [2.45, 2.75) is 19.9 Å². The van der Waals surface area contributed by atoms with Gasteiger partial charge in [-0.05, 0) is 31.2 Å². The number of rotatable bonds is 7. The summed E-state index contributed by atoms with van der Waals surface area (Å²) in [5.74, 6) is -0.623. The highest BCUT2D eigenvalue weighted by Gasteiger charge is 2.19. The van der Waals surface area contributed by atoms with Crippen LogP contribution in [0.15, 0.2) is 45.0 Å². The van der Waals surface area contributed by atoms with E-state index >= 15 is 0 Å². The Morgan fingerprint density at radius 1 is 1.31 bits per heavy atom. The molecule has 0 aliphatic heterocycles. The maximum Gasteiger partial charge on any atom is 0.335 e. The third-order valence-electron chi connectivity index (χ3n) is 5.45. The van der Waals surface area contributed by atoms with Crippen LogP contribution in [0.2, 0.25) is 5.02 Å². The Morgan fingerprint density at radius 2 is 2.08 bits per heavy atom. The molecule has 0 fully saturated rings. The topological polar surface area (TPSA) is 107 Å². The van der Waals surface area contributed by atoms with Crippen LogP contribution < -0.4 is 16.0 Å². The zero-order chi connectivity index (χ0) is 26.0. The first-order chi connectivity index (χ1) is 17.2. The number of methoxy groups -OCH3 is 1. The minimum atomic E-state index is -0.618. The predicted octanol–water partition coefficient (Wildman–Crippen LogP) is 4.20. The molecular formula is C24H20ClFN6O3S. The van der Waals surface area contributed by atoms with E-state index in [1.54, 1.807) is 10.7 Å². The van der Waals surface area contributed by atoms with Gasteiger partial charge in [-0.2, -0.15) is 10.4 Å². The van der Waals surface area contributed by atoms with Crippen LogP contribution in [0.4, 0.5) is 4.39 Å². The number of nitriles is 1. The third kappa shape index (κ3) is 4.73. The van der Waals surface area contributed by atoms with Gasteiger partial charge in [0.25, 0.3) is 5.56 Å². The second-order valence-electron chi connectivity index (χ2n) is 7.72. The molecule has 0 N–H and O–H groups in total. The summed E-state index contributed by atoms with van der Waals surface area (Å²) in [4.78, 5) is 31.1. The maximum atomic E-state index is 14.0. The van der Waals surface area contributed by atoms with Crippen molar-refractivity contribution in [3.8, 4) is 22.3 Å². The van der Waals surface area contributed by atoms with Gasteiger partial charge in [0.05, 0.1) is 36.4 Å². The smallest absolute Gasteiger partial charge is 0.335 e. The molecule has 3 heterocycles. The van der Waals surface area contributed by atoms with Gasteiger partial charge >= 0.3 is 5.69 Å². The Hall–Kier alpha value is -4.01. The summed E-state index contributed by atoms with van der Waals surface area (Å²) >= 11 is 7.38. The first-order valence-corrected chi connectivity index (χ1v) is 11.8. The summed E-state index contributed by atoms with van der Waals surface area (Å²) in [6.45, 7) is 1.98. The lowest BCUT2D eigenvalue weighted by Gasteiger charge is -2.07. The molecule has 3 aromatic heterocycles. The van der Waals surface area contributed by atoms with Crippen LogP contribution in [-0.2, 0) is 13.6 Å². The van der Waals surface area contributed by atoms with Gasteiger partial charge in [0.15, 0.2) is 11.6 Å². The predicted molar refractivity (Wildman–Crippen MR) is 138 cm³/mol. The Balaban J connectivity index is 1.83. The first kappa shape index (κ1) is 25.1. The van der Waals surface area contributed by atoms with E-state index in [1.165, 1.54) is 36.4 Å². The molecular weight excluding hydrogens is 507 g/mol. The van der Waals surface area contributed by atoms with Crippen LogP contribution in [-0.4, -0.2) is 32.2 Å². The van der Waals surface area contributed by atoms with E-state index in [0.29, 0.717) is 21.7 Å². The molecule has 0 spiro atoms. The lowest BCUT2D eigenvalue weighted by atomic mass is 10.1. The molecule has 0 saturated heterocycles. The fourth-order valence-electron chi connectivity index (χ4n) is 3.56. The zero-order valence-corrected chi connectivity index (χ0v) is 21.1. The SMILES string of the molecule is COc1cc(-c2cc3c(s2)c(=O)n(/C=C/N=Cc2cc(C)n(C)n2)c(=O)n3CCC#N)c(Cl)cc1F. The molecule has 0 radical (unpaired) electrons. The van der Waals surface area contributed by atoms with Crippen LogP contribution in [0, 0.1) is 24.1 Å². The lowest BCUT2D eigenvalue weighted by molar-refractivity contribution is 0.387. The second-order valence-corrected chi connectivity index (χ2v) is 9.18. The number of benzene rings is 1. The summed E-state index contributed by atoms with van der Waals surface area (Å²) in [6, 6.07) is 8.06. The zero-order valence-electron chi connectivity index (χ0n) is 19.5. The number of hydrogen-bond acceptors (Lipinski definition) is 7. The lowest BCUT2D eigenvalue weighted by Crippen LogP contribution is -2.36. The van der Waals surface area contributed by atoms with Gasteiger partial charge in [-0.15, -0.1) is 11.3 Å². The molecule has 0 saturated carbocycles. The van der Waals surface area contributed by atoms with Gasteiger partial charge in [-0.25, -0.2) is 13.8 Å². The Labute approximate surface area is 213 Å². The molecule has 4 aromatic rings. The molecule has 36 heavy (non-hydrogen) atoms. The molecule has 184 valence electrons. The Kier molecular flexibility index (Phi) is 7.19. The number of halogens is 2. The number of aromatic nitrogens is 4. The highest BCUT2D eigenvalue weighted by atomic mass is 35.5. The first-order valence-electron chi connectivity index (χ1n) is 10.6. The van der Waals surface area contributed by atoms with E-state index in [4.69, 9.17) is 21.6 Å². The van der Waals surface area contributed by atoms with Crippen molar-refractivity contribution in [2.75, 3.05) is 7.11 Å². The average Bonchev–Trinajstić information content (AvgIpc) is 3.42. The van der Waals surface area contributed by atoms with Crippen molar-refractivity contribution in [3.63, 3.8) is 0 Å². The summed E-state index contributed by atoms with van der Waals surface area (Å²) in [5.41, 5.74) is 1.22. The van der Waals surface area contributed by atoms with Crippen molar-refractivity contribution < 1.29 is 9.13 Å². The van der Waals surface area contributed by atoms with E-state index in [2.05, 4.69) is 10.1 Å². The summed E-state index contributed by atoms with van der Waals surface area (Å²) < 4.78 is 23.4. The summed E-state index contributed by atoms with van der Waals surface area (Å²) in [7, 11) is 3.15. The van der Waals surface area contributed by atoms with Crippen LogP contribution in [0.1, 0.15) is 17.8 Å². The quantitative estimate of drug-likeness (QED) is 0.335. The van der Waals surface area contributed by atoms with E-state index < -0.39 is 17.1 Å². The van der Waals surface area contributed by atoms with Crippen molar-refractivity contribution in [3.05, 3.63) is 73.5 Å². The second kappa shape index (κ2) is 10.3. The summed E-state index contributed by atoms with van der Waals surface area (Å²) in [5, 5.41) is 13.5. The van der Waals surface area contributed by atoms with Crippen molar-refractivity contribution in [1.29, 1.82) is 5.26 Å². The van der Waals surface area contributed by atoms with Crippen LogP contribution in [0.25, 0.3) is 26.9 Å². The van der Waals surface area contributed by atoms with E-state index in [0.717, 1.165) is 27.7 Å². The third-order valence-corrected chi connectivity index (χ3v) is 6.91. The standard InChI is InChI=1S/C24H20ClFN6O3S/c1-14-9-15(29-30(14)2)13-28-6-8-32-23(33)22-19(31(24(32)34)7-4-5-27)12-21(36-22)16-10-20(35-3)18(26)11-17(16)25/h6,8-13H,4,7H2,1-3H3/b8-6+,28-13?. The van der Waals surface area contributed by atoms with Crippen LogP contribution in [0.5, 0.6) is 5.75 Å². The number of hydrogen-bond donors (Lipinski definition) is 0. The van der Waals surface area contributed by atoms with E-state index in [9.17, 15) is 14.0 Å². The number of aryl methyl sites for hydroxylation is 3. The minimum Gasteiger partial charge on any atom is -0.494 e. The molecule has 0 aliphatic carbocycles. The number of ether oxygens (including phenoxy) is 1. The monoisotopic (exact) mass is 526 g/mol. The van der Waals surface area contributed by atoms with Crippen LogP contribution >= 0.6 is 22.9 Å². The molecule has 9 nitrogen and oxygen atoms in total. The van der Waals surface area contributed by atoms with Crippen molar-refractivity contribution in [1.82, 2.24) is 18.9 Å². The Bertz CT molecular complexity index is 1670. The fourth-order valence-corrected chi connectivity index (χ4v) is 4.99. The van der Waals surface area contributed by atoms with Gasteiger partial charge < -0.3 is 4.74 Å². The molecule has 12 heteroatoms. The maximum absolute atomic E-state index is 14.0. The number of aliphatic imine (C=N–C) groups is 1. The molecule has 0 atom stereocenters. The van der Waals surface area contributed by atoms with Gasteiger partial charge in [0, 0.05) is 42.1 Å². The Morgan fingerprint density at radius 3 is 2.75 bits per heavy atom. The average molecular weight is 527 g/mol. The van der Waals surface area contributed by atoms with Crippen molar-refractivity contribution >= 4 is 45.6 Å². The number of nitrogens with zero attached hydrogens (tertiary/aromatic N) is 6. The molecule has 0 aliphatic rings. The minimum absolute atomic E-state index is 0.00460. The fraction of sp³-hybridized carbons (Fsp3) is 0.208. The summed E-state index contributed by atoms with van der Waals surface area (Å²) in [6.07, 6.45) is 4.16. The van der Waals surface area contributed by atoms with E-state index in [1.807, 2.05) is 26.1 Å². The van der Waals surface area contributed by atoms with Gasteiger partial charge in [0.1, 0.15) is 10.4 Å². The van der Waals surface area contributed by atoms with Crippen LogP contribution in [0.3, 0.4) is 0 Å². The van der Waals surface area contributed by atoms with Gasteiger partial charge in [-0.1, -0.05) is 11.6 Å². The number of thiophene rings is 1. The van der Waals surface area contributed by atoms with Crippen molar-refractivity contribution in [2.24, 2.45) is 12.0 Å². The molecule has 0 unspecified atom stereocenters. The highest BCUT2D eigenvalue weighted by molar-refractivity contribution is 7.22.